The number of amides is 1. The van der Waals surface area contributed by atoms with Gasteiger partial charge in [0.05, 0.1) is 16.1 Å². The molecule has 6 nitrogen and oxygen atoms in total. The Morgan fingerprint density at radius 1 is 1.19 bits per heavy atom. The number of pyridine rings is 1. The zero-order chi connectivity index (χ0) is 18.5. The Balaban J connectivity index is 1.72. The predicted octanol–water partition coefficient (Wildman–Crippen LogP) is 3.70. The van der Waals surface area contributed by atoms with E-state index in [9.17, 15) is 14.7 Å². The Hall–Kier alpha value is -3.32. The zero-order valence-electron chi connectivity index (χ0n) is 13.8. The highest BCUT2D eigenvalue weighted by Gasteiger charge is 2.15. The summed E-state index contributed by atoms with van der Waals surface area (Å²) >= 11 is 1.12. The van der Waals surface area contributed by atoms with Crippen LogP contribution in [0.25, 0.3) is 6.08 Å². The fourth-order valence-electron chi connectivity index (χ4n) is 2.18. The van der Waals surface area contributed by atoms with Gasteiger partial charge in [-0.3, -0.25) is 19.9 Å². The standard InChI is InChI=1S/C19H15N3O3S/c1-12-17(16(24)9-6-13-4-7-15(23)8-5-13)26-19(21-12)22-18(25)14-3-2-10-20-11-14/h2-11,23H,1H3,(H,21,22,25). The molecular formula is C19H15N3O3S. The van der Waals surface area contributed by atoms with Gasteiger partial charge in [0, 0.05) is 12.4 Å². The van der Waals surface area contributed by atoms with Gasteiger partial charge in [0.2, 0.25) is 0 Å². The number of aromatic nitrogens is 2. The Morgan fingerprint density at radius 3 is 2.65 bits per heavy atom. The number of hydrogen-bond acceptors (Lipinski definition) is 6. The topological polar surface area (TPSA) is 92.2 Å². The fourth-order valence-corrected chi connectivity index (χ4v) is 3.06. The molecule has 0 aliphatic rings. The fraction of sp³-hybridized carbons (Fsp3) is 0.0526. The van der Waals surface area contributed by atoms with E-state index in [-0.39, 0.29) is 17.4 Å². The van der Waals surface area contributed by atoms with Crippen LogP contribution >= 0.6 is 11.3 Å². The first-order chi connectivity index (χ1) is 12.5. The molecule has 0 aliphatic carbocycles. The van der Waals surface area contributed by atoms with E-state index in [0.717, 1.165) is 16.9 Å². The van der Waals surface area contributed by atoms with Gasteiger partial charge in [0.1, 0.15) is 5.75 Å². The first-order valence-corrected chi connectivity index (χ1v) is 8.55. The highest BCUT2D eigenvalue weighted by atomic mass is 32.1. The lowest BCUT2D eigenvalue weighted by molar-refractivity contribution is 0.102. The lowest BCUT2D eigenvalue weighted by atomic mass is 10.1. The number of hydrogen-bond donors (Lipinski definition) is 2. The molecule has 7 heteroatoms. The van der Waals surface area contributed by atoms with Crippen molar-refractivity contribution in [3.63, 3.8) is 0 Å². The van der Waals surface area contributed by atoms with Gasteiger partial charge >= 0.3 is 0 Å². The average Bonchev–Trinajstić information content (AvgIpc) is 3.02. The molecule has 2 heterocycles. The van der Waals surface area contributed by atoms with Crippen LogP contribution in [-0.2, 0) is 0 Å². The molecule has 0 atom stereocenters. The predicted molar refractivity (Wildman–Crippen MR) is 101 cm³/mol. The third-order valence-electron chi connectivity index (χ3n) is 3.48. The minimum atomic E-state index is -0.328. The summed E-state index contributed by atoms with van der Waals surface area (Å²) < 4.78 is 0. The van der Waals surface area contributed by atoms with Crippen molar-refractivity contribution in [3.05, 3.63) is 76.6 Å². The summed E-state index contributed by atoms with van der Waals surface area (Å²) in [6.45, 7) is 1.72. The van der Waals surface area contributed by atoms with Crippen LogP contribution < -0.4 is 5.32 Å². The maximum absolute atomic E-state index is 12.4. The number of allylic oxidation sites excluding steroid dienone is 1. The number of carbonyl (C=O) groups excluding carboxylic acids is 2. The minimum absolute atomic E-state index is 0.167. The van der Waals surface area contributed by atoms with Gasteiger partial charge in [0.25, 0.3) is 5.91 Å². The van der Waals surface area contributed by atoms with E-state index in [1.165, 1.54) is 12.3 Å². The van der Waals surface area contributed by atoms with Crippen molar-refractivity contribution in [1.29, 1.82) is 0 Å². The van der Waals surface area contributed by atoms with Gasteiger partial charge in [-0.2, -0.15) is 0 Å². The van der Waals surface area contributed by atoms with Crippen LogP contribution in [0.5, 0.6) is 5.75 Å². The number of thiazole rings is 1. The molecule has 0 fully saturated rings. The molecule has 0 saturated carbocycles. The average molecular weight is 365 g/mol. The summed E-state index contributed by atoms with van der Waals surface area (Å²) in [5.74, 6) is -0.360. The van der Waals surface area contributed by atoms with Gasteiger partial charge in [-0.1, -0.05) is 29.5 Å². The third-order valence-corrected chi connectivity index (χ3v) is 4.57. The third kappa shape index (κ3) is 4.20. The number of benzene rings is 1. The molecule has 0 aliphatic heterocycles. The van der Waals surface area contributed by atoms with E-state index in [1.807, 2.05) is 0 Å². The molecule has 0 unspecified atom stereocenters. The Kier molecular flexibility index (Phi) is 5.19. The van der Waals surface area contributed by atoms with Crippen LogP contribution in [0.15, 0.2) is 54.9 Å². The first kappa shape index (κ1) is 17.5. The van der Waals surface area contributed by atoms with Gasteiger partial charge in [-0.15, -0.1) is 0 Å². The molecule has 0 bridgehead atoms. The number of anilines is 1. The molecule has 3 aromatic rings. The van der Waals surface area contributed by atoms with Gasteiger partial charge < -0.3 is 5.11 Å². The Morgan fingerprint density at radius 2 is 1.96 bits per heavy atom. The summed E-state index contributed by atoms with van der Waals surface area (Å²) in [7, 11) is 0. The zero-order valence-corrected chi connectivity index (χ0v) is 14.7. The van der Waals surface area contributed by atoms with E-state index >= 15 is 0 Å². The van der Waals surface area contributed by atoms with E-state index in [0.29, 0.717) is 21.3 Å². The first-order valence-electron chi connectivity index (χ1n) is 7.73. The maximum Gasteiger partial charge on any atom is 0.259 e. The molecule has 26 heavy (non-hydrogen) atoms. The molecule has 1 amide bonds. The number of phenols is 1. The van der Waals surface area contributed by atoms with E-state index < -0.39 is 0 Å². The summed E-state index contributed by atoms with van der Waals surface area (Å²) in [6.07, 6.45) is 6.15. The highest BCUT2D eigenvalue weighted by Crippen LogP contribution is 2.24. The lowest BCUT2D eigenvalue weighted by Gasteiger charge is -1.99. The summed E-state index contributed by atoms with van der Waals surface area (Å²) in [5, 5.41) is 12.3. The second kappa shape index (κ2) is 7.71. The monoisotopic (exact) mass is 365 g/mol. The quantitative estimate of drug-likeness (QED) is 0.531. The molecule has 2 aromatic heterocycles. The molecular weight excluding hydrogens is 350 g/mol. The highest BCUT2D eigenvalue weighted by molar-refractivity contribution is 7.18. The molecule has 2 N–H and O–H groups in total. The maximum atomic E-state index is 12.4. The Labute approximate surface area is 153 Å². The van der Waals surface area contributed by atoms with Crippen molar-refractivity contribution in [2.24, 2.45) is 0 Å². The van der Waals surface area contributed by atoms with Crippen LogP contribution in [0.3, 0.4) is 0 Å². The van der Waals surface area contributed by atoms with Gasteiger partial charge in [0.15, 0.2) is 10.9 Å². The van der Waals surface area contributed by atoms with E-state index in [2.05, 4.69) is 15.3 Å². The van der Waals surface area contributed by atoms with Crippen molar-refractivity contribution in [3.8, 4) is 5.75 Å². The second-order valence-electron chi connectivity index (χ2n) is 5.42. The smallest absolute Gasteiger partial charge is 0.259 e. The van der Waals surface area contributed by atoms with E-state index in [4.69, 9.17) is 0 Å². The molecule has 0 saturated heterocycles. The van der Waals surface area contributed by atoms with Crippen LogP contribution in [0.4, 0.5) is 5.13 Å². The van der Waals surface area contributed by atoms with Crippen LogP contribution in [0, 0.1) is 6.92 Å². The van der Waals surface area contributed by atoms with Crippen molar-refractivity contribution in [2.75, 3.05) is 5.32 Å². The molecule has 3 rings (SSSR count). The molecule has 130 valence electrons. The van der Waals surface area contributed by atoms with Crippen LogP contribution in [-0.4, -0.2) is 26.8 Å². The van der Waals surface area contributed by atoms with Crippen molar-refractivity contribution in [2.45, 2.75) is 6.92 Å². The van der Waals surface area contributed by atoms with E-state index in [1.54, 1.807) is 55.6 Å². The van der Waals surface area contributed by atoms with Crippen LogP contribution in [0.2, 0.25) is 0 Å². The normalized spacial score (nSPS) is 10.8. The Bertz CT molecular complexity index is 963. The van der Waals surface area contributed by atoms with Gasteiger partial charge in [-0.25, -0.2) is 4.98 Å². The molecule has 0 radical (unpaired) electrons. The summed E-state index contributed by atoms with van der Waals surface area (Å²) in [6, 6.07) is 9.83. The summed E-state index contributed by atoms with van der Waals surface area (Å²) in [5.41, 5.74) is 1.76. The van der Waals surface area contributed by atoms with Crippen molar-refractivity contribution < 1.29 is 14.7 Å². The van der Waals surface area contributed by atoms with Gasteiger partial charge in [-0.05, 0) is 42.8 Å². The minimum Gasteiger partial charge on any atom is -0.508 e. The number of aryl methyl sites for hydroxylation is 1. The lowest BCUT2D eigenvalue weighted by Crippen LogP contribution is -2.11. The number of ketones is 1. The number of nitrogens with one attached hydrogen (secondary N) is 1. The molecule has 0 spiro atoms. The number of nitrogens with zero attached hydrogens (tertiary/aromatic N) is 2. The number of carbonyl (C=O) groups is 2. The number of phenolic OH excluding ortho intramolecular Hbond substituents is 1. The number of rotatable bonds is 5. The van der Waals surface area contributed by atoms with Crippen molar-refractivity contribution in [1.82, 2.24) is 9.97 Å². The SMILES string of the molecule is Cc1nc(NC(=O)c2cccnc2)sc1C(=O)C=Cc1ccc(O)cc1. The van der Waals surface area contributed by atoms with Crippen LogP contribution in [0.1, 0.15) is 31.3 Å². The number of aromatic hydroxyl groups is 1. The van der Waals surface area contributed by atoms with Crippen molar-refractivity contribution >= 4 is 34.2 Å². The summed E-state index contributed by atoms with van der Waals surface area (Å²) in [4.78, 5) is 33.1. The molecule has 1 aromatic carbocycles. The largest absolute Gasteiger partial charge is 0.508 e. The second-order valence-corrected chi connectivity index (χ2v) is 6.42.